The maximum Gasteiger partial charge on any atom is 0.252 e. The van der Waals surface area contributed by atoms with Crippen molar-refractivity contribution in [2.24, 2.45) is 0 Å². The number of nitrogens with one attached hydrogen (secondary N) is 1. The van der Waals surface area contributed by atoms with E-state index in [1.54, 1.807) is 12.1 Å². The lowest BCUT2D eigenvalue weighted by Gasteiger charge is -2.26. The van der Waals surface area contributed by atoms with E-state index in [4.69, 9.17) is 10.8 Å². The SMILES string of the molecule is Cc1c(N)cc(Br)cc1C(=O)NC(C)(C)CCO. The van der Waals surface area contributed by atoms with Gasteiger partial charge in [-0.05, 0) is 44.9 Å². The Morgan fingerprint density at radius 1 is 1.50 bits per heavy atom. The molecule has 1 amide bonds. The fourth-order valence-electron chi connectivity index (χ4n) is 1.65. The third-order valence-electron chi connectivity index (χ3n) is 2.85. The number of amides is 1. The fraction of sp³-hybridized carbons (Fsp3) is 0.462. The molecule has 0 radical (unpaired) electrons. The van der Waals surface area contributed by atoms with Crippen LogP contribution < -0.4 is 11.1 Å². The quantitative estimate of drug-likeness (QED) is 0.746. The Hall–Kier alpha value is -1.07. The van der Waals surface area contributed by atoms with Crippen molar-refractivity contribution in [1.29, 1.82) is 0 Å². The Morgan fingerprint density at radius 2 is 2.11 bits per heavy atom. The number of rotatable bonds is 4. The fourth-order valence-corrected chi connectivity index (χ4v) is 2.13. The van der Waals surface area contributed by atoms with E-state index >= 15 is 0 Å². The summed E-state index contributed by atoms with van der Waals surface area (Å²) in [5.41, 5.74) is 7.27. The summed E-state index contributed by atoms with van der Waals surface area (Å²) in [7, 11) is 0. The van der Waals surface area contributed by atoms with Crippen LogP contribution in [0.5, 0.6) is 0 Å². The van der Waals surface area contributed by atoms with Crippen LogP contribution >= 0.6 is 15.9 Å². The van der Waals surface area contributed by atoms with Crippen LogP contribution in [0.1, 0.15) is 36.2 Å². The van der Waals surface area contributed by atoms with E-state index in [0.29, 0.717) is 17.7 Å². The average molecular weight is 315 g/mol. The van der Waals surface area contributed by atoms with Crippen LogP contribution in [-0.2, 0) is 0 Å². The number of halogens is 1. The molecule has 0 saturated heterocycles. The minimum absolute atomic E-state index is 0.0346. The van der Waals surface area contributed by atoms with Crippen molar-refractivity contribution in [3.8, 4) is 0 Å². The molecule has 0 aliphatic carbocycles. The summed E-state index contributed by atoms with van der Waals surface area (Å²) in [6, 6.07) is 3.51. The van der Waals surface area contributed by atoms with E-state index in [1.165, 1.54) is 0 Å². The van der Waals surface area contributed by atoms with E-state index < -0.39 is 5.54 Å². The van der Waals surface area contributed by atoms with Gasteiger partial charge in [0.1, 0.15) is 0 Å². The van der Waals surface area contributed by atoms with Gasteiger partial charge in [0.05, 0.1) is 0 Å². The molecule has 1 rings (SSSR count). The van der Waals surface area contributed by atoms with Crippen molar-refractivity contribution in [1.82, 2.24) is 5.32 Å². The predicted molar refractivity (Wildman–Crippen MR) is 76.5 cm³/mol. The largest absolute Gasteiger partial charge is 0.398 e. The number of aliphatic hydroxyl groups is 1. The number of benzene rings is 1. The summed E-state index contributed by atoms with van der Waals surface area (Å²) in [6.45, 7) is 5.60. The number of nitrogen functional groups attached to an aromatic ring is 1. The first-order chi connectivity index (χ1) is 8.26. The Balaban J connectivity index is 2.98. The molecule has 0 atom stereocenters. The second-order valence-corrected chi connectivity index (χ2v) is 5.89. The summed E-state index contributed by atoms with van der Waals surface area (Å²) in [6.07, 6.45) is 0.501. The monoisotopic (exact) mass is 314 g/mol. The maximum atomic E-state index is 12.2. The van der Waals surface area contributed by atoms with Crippen molar-refractivity contribution in [3.05, 3.63) is 27.7 Å². The average Bonchev–Trinajstić information content (AvgIpc) is 2.22. The van der Waals surface area contributed by atoms with E-state index in [9.17, 15) is 4.79 Å². The molecule has 0 fully saturated rings. The minimum atomic E-state index is -0.449. The molecule has 0 aliphatic rings. The van der Waals surface area contributed by atoms with Gasteiger partial charge in [0, 0.05) is 27.9 Å². The van der Waals surface area contributed by atoms with Crippen LogP contribution in [-0.4, -0.2) is 23.2 Å². The highest BCUT2D eigenvalue weighted by atomic mass is 79.9. The first-order valence-electron chi connectivity index (χ1n) is 5.76. The van der Waals surface area contributed by atoms with Crippen molar-refractivity contribution < 1.29 is 9.90 Å². The van der Waals surface area contributed by atoms with E-state index in [-0.39, 0.29) is 12.5 Å². The lowest BCUT2D eigenvalue weighted by molar-refractivity contribution is 0.0899. The molecular weight excluding hydrogens is 296 g/mol. The van der Waals surface area contributed by atoms with Gasteiger partial charge < -0.3 is 16.2 Å². The predicted octanol–water partition coefficient (Wildman–Crippen LogP) is 2.23. The number of aliphatic hydroxyl groups excluding tert-OH is 1. The summed E-state index contributed by atoms with van der Waals surface area (Å²) >= 11 is 3.33. The number of carbonyl (C=O) groups is 1. The number of anilines is 1. The molecule has 1 aromatic carbocycles. The summed E-state index contributed by atoms with van der Waals surface area (Å²) in [5, 5.41) is 11.8. The van der Waals surface area contributed by atoms with Crippen LogP contribution in [0.2, 0.25) is 0 Å². The highest BCUT2D eigenvalue weighted by Crippen LogP contribution is 2.23. The van der Waals surface area contributed by atoms with Crippen LogP contribution in [0.15, 0.2) is 16.6 Å². The van der Waals surface area contributed by atoms with Gasteiger partial charge in [0.25, 0.3) is 5.91 Å². The number of hydrogen-bond acceptors (Lipinski definition) is 3. The molecular formula is C13H19BrN2O2. The third kappa shape index (κ3) is 3.71. The minimum Gasteiger partial charge on any atom is -0.398 e. The van der Waals surface area contributed by atoms with E-state index in [0.717, 1.165) is 10.0 Å². The maximum absolute atomic E-state index is 12.2. The normalized spacial score (nSPS) is 11.4. The van der Waals surface area contributed by atoms with Gasteiger partial charge in [-0.25, -0.2) is 0 Å². The summed E-state index contributed by atoms with van der Waals surface area (Å²) in [4.78, 5) is 12.2. The molecule has 0 aliphatic heterocycles. The standard InChI is InChI=1S/C13H19BrN2O2/c1-8-10(6-9(14)7-11(8)15)12(18)16-13(2,3)4-5-17/h6-7,17H,4-5,15H2,1-3H3,(H,16,18). The number of carbonyl (C=O) groups excluding carboxylic acids is 1. The van der Waals surface area contributed by atoms with Crippen molar-refractivity contribution in [3.63, 3.8) is 0 Å². The molecule has 5 heteroatoms. The lowest BCUT2D eigenvalue weighted by atomic mass is 9.99. The van der Waals surface area contributed by atoms with E-state index in [1.807, 2.05) is 20.8 Å². The van der Waals surface area contributed by atoms with Gasteiger partial charge >= 0.3 is 0 Å². The van der Waals surface area contributed by atoms with Gasteiger partial charge in [-0.15, -0.1) is 0 Å². The van der Waals surface area contributed by atoms with Crippen LogP contribution in [0.3, 0.4) is 0 Å². The molecule has 0 spiro atoms. The number of hydrogen-bond donors (Lipinski definition) is 3. The lowest BCUT2D eigenvalue weighted by Crippen LogP contribution is -2.44. The topological polar surface area (TPSA) is 75.4 Å². The Kier molecular flexibility index (Phi) is 4.76. The Bertz CT molecular complexity index is 459. The first kappa shape index (κ1) is 15.0. The van der Waals surface area contributed by atoms with Crippen molar-refractivity contribution >= 4 is 27.5 Å². The second-order valence-electron chi connectivity index (χ2n) is 4.98. The van der Waals surface area contributed by atoms with Crippen LogP contribution in [0.4, 0.5) is 5.69 Å². The first-order valence-corrected chi connectivity index (χ1v) is 6.55. The van der Waals surface area contributed by atoms with Crippen LogP contribution in [0.25, 0.3) is 0 Å². The molecule has 100 valence electrons. The molecule has 0 aromatic heterocycles. The molecule has 18 heavy (non-hydrogen) atoms. The van der Waals surface area contributed by atoms with Gasteiger partial charge in [0.2, 0.25) is 0 Å². The Labute approximate surface area is 116 Å². The van der Waals surface area contributed by atoms with Crippen molar-refractivity contribution in [2.45, 2.75) is 32.7 Å². The van der Waals surface area contributed by atoms with Gasteiger partial charge in [-0.3, -0.25) is 4.79 Å². The zero-order chi connectivity index (χ0) is 13.9. The summed E-state index contributed by atoms with van der Waals surface area (Å²) in [5.74, 6) is -0.182. The van der Waals surface area contributed by atoms with Gasteiger partial charge in [-0.1, -0.05) is 15.9 Å². The van der Waals surface area contributed by atoms with Crippen LogP contribution in [0, 0.1) is 6.92 Å². The molecule has 1 aromatic rings. The zero-order valence-electron chi connectivity index (χ0n) is 10.9. The molecule has 0 unspecified atom stereocenters. The van der Waals surface area contributed by atoms with E-state index in [2.05, 4.69) is 21.2 Å². The molecule has 0 saturated carbocycles. The number of nitrogens with two attached hydrogens (primary N) is 1. The third-order valence-corrected chi connectivity index (χ3v) is 3.30. The zero-order valence-corrected chi connectivity index (χ0v) is 12.5. The highest BCUT2D eigenvalue weighted by Gasteiger charge is 2.22. The molecule has 4 N–H and O–H groups in total. The molecule has 4 nitrogen and oxygen atoms in total. The van der Waals surface area contributed by atoms with Gasteiger partial charge in [-0.2, -0.15) is 0 Å². The highest BCUT2D eigenvalue weighted by molar-refractivity contribution is 9.10. The molecule has 0 heterocycles. The smallest absolute Gasteiger partial charge is 0.252 e. The summed E-state index contributed by atoms with van der Waals surface area (Å²) < 4.78 is 0.774. The second kappa shape index (κ2) is 5.71. The van der Waals surface area contributed by atoms with Crippen molar-refractivity contribution in [2.75, 3.05) is 12.3 Å². The van der Waals surface area contributed by atoms with Gasteiger partial charge in [0.15, 0.2) is 0 Å². The Morgan fingerprint density at radius 3 is 2.67 bits per heavy atom. The molecule has 0 bridgehead atoms.